The standard InChI is InChI=1S/C22H26N2O4/c1-14(16-8-7-15-5-3-4-6-17(15)11-16)24-21(25)13-28-20-12-18(27-2)9-10-19(20)22(23)26/h7-12,14H,3-6,13H2,1-2H3,(H2,23,26)(H,24,25). The van der Waals surface area contributed by atoms with Crippen molar-refractivity contribution in [3.63, 3.8) is 0 Å². The molecular weight excluding hydrogens is 356 g/mol. The van der Waals surface area contributed by atoms with Gasteiger partial charge in [0.1, 0.15) is 11.5 Å². The highest BCUT2D eigenvalue weighted by Gasteiger charge is 2.16. The molecule has 0 aromatic heterocycles. The monoisotopic (exact) mass is 382 g/mol. The van der Waals surface area contributed by atoms with Gasteiger partial charge in [0.15, 0.2) is 6.61 Å². The lowest BCUT2D eigenvalue weighted by Gasteiger charge is -2.20. The number of methoxy groups -OCH3 is 1. The van der Waals surface area contributed by atoms with Crippen LogP contribution < -0.4 is 20.5 Å². The fraction of sp³-hybridized carbons (Fsp3) is 0.364. The van der Waals surface area contributed by atoms with Crippen LogP contribution in [-0.4, -0.2) is 25.5 Å². The average molecular weight is 382 g/mol. The van der Waals surface area contributed by atoms with Crippen LogP contribution in [0.15, 0.2) is 36.4 Å². The molecule has 6 nitrogen and oxygen atoms in total. The number of hydrogen-bond acceptors (Lipinski definition) is 4. The van der Waals surface area contributed by atoms with Gasteiger partial charge in [-0.3, -0.25) is 9.59 Å². The minimum absolute atomic E-state index is 0.135. The number of nitrogens with two attached hydrogens (primary N) is 1. The second-order valence-electron chi connectivity index (χ2n) is 7.04. The number of hydrogen-bond donors (Lipinski definition) is 2. The summed E-state index contributed by atoms with van der Waals surface area (Å²) in [6.45, 7) is 1.73. The topological polar surface area (TPSA) is 90.7 Å². The van der Waals surface area contributed by atoms with Gasteiger partial charge in [-0.2, -0.15) is 0 Å². The Morgan fingerprint density at radius 2 is 1.86 bits per heavy atom. The summed E-state index contributed by atoms with van der Waals surface area (Å²) in [6.07, 6.45) is 4.69. The zero-order valence-electron chi connectivity index (χ0n) is 16.3. The van der Waals surface area contributed by atoms with Crippen LogP contribution in [0.4, 0.5) is 0 Å². The van der Waals surface area contributed by atoms with Gasteiger partial charge < -0.3 is 20.5 Å². The van der Waals surface area contributed by atoms with E-state index in [0.29, 0.717) is 5.75 Å². The summed E-state index contributed by atoms with van der Waals surface area (Å²) >= 11 is 0. The molecule has 1 atom stereocenters. The maximum Gasteiger partial charge on any atom is 0.258 e. The van der Waals surface area contributed by atoms with E-state index in [1.54, 1.807) is 12.1 Å². The van der Waals surface area contributed by atoms with Crippen LogP contribution in [0.5, 0.6) is 11.5 Å². The molecule has 0 saturated heterocycles. The zero-order valence-corrected chi connectivity index (χ0v) is 16.3. The number of rotatable bonds is 7. The van der Waals surface area contributed by atoms with Gasteiger partial charge in [0.05, 0.1) is 18.7 Å². The lowest BCUT2D eigenvalue weighted by atomic mass is 9.89. The summed E-state index contributed by atoms with van der Waals surface area (Å²) in [5.74, 6) is -0.157. The van der Waals surface area contributed by atoms with E-state index in [0.717, 1.165) is 18.4 Å². The average Bonchev–Trinajstić information content (AvgIpc) is 2.71. The van der Waals surface area contributed by atoms with Gasteiger partial charge in [0.2, 0.25) is 0 Å². The van der Waals surface area contributed by atoms with E-state index in [1.165, 1.54) is 37.1 Å². The number of primary amides is 1. The molecule has 0 aliphatic heterocycles. The number of ether oxygens (including phenoxy) is 2. The van der Waals surface area contributed by atoms with Crippen molar-refractivity contribution in [1.82, 2.24) is 5.32 Å². The number of carbonyl (C=O) groups is 2. The molecule has 2 aromatic rings. The first-order valence-electron chi connectivity index (χ1n) is 9.49. The number of nitrogens with one attached hydrogen (secondary N) is 1. The van der Waals surface area contributed by atoms with Gasteiger partial charge in [-0.25, -0.2) is 0 Å². The van der Waals surface area contributed by atoms with E-state index < -0.39 is 5.91 Å². The minimum Gasteiger partial charge on any atom is -0.497 e. The van der Waals surface area contributed by atoms with Crippen LogP contribution in [0.25, 0.3) is 0 Å². The summed E-state index contributed by atoms with van der Waals surface area (Å²) < 4.78 is 10.7. The third kappa shape index (κ3) is 4.63. The fourth-order valence-corrected chi connectivity index (χ4v) is 3.49. The molecule has 1 unspecified atom stereocenters. The Bertz CT molecular complexity index is 879. The number of fused-ring (bicyclic) bond motifs is 1. The Hall–Kier alpha value is -3.02. The first-order valence-corrected chi connectivity index (χ1v) is 9.49. The predicted octanol–water partition coefficient (Wildman–Crippen LogP) is 2.93. The number of benzene rings is 2. The Morgan fingerprint density at radius 3 is 2.57 bits per heavy atom. The van der Waals surface area contributed by atoms with Crippen LogP contribution in [0.3, 0.4) is 0 Å². The fourth-order valence-electron chi connectivity index (χ4n) is 3.49. The van der Waals surface area contributed by atoms with E-state index in [-0.39, 0.29) is 29.9 Å². The van der Waals surface area contributed by atoms with E-state index >= 15 is 0 Å². The van der Waals surface area contributed by atoms with Crippen LogP contribution >= 0.6 is 0 Å². The molecule has 28 heavy (non-hydrogen) atoms. The largest absolute Gasteiger partial charge is 0.497 e. The van der Waals surface area contributed by atoms with E-state index in [1.807, 2.05) is 6.92 Å². The summed E-state index contributed by atoms with van der Waals surface area (Å²) in [4.78, 5) is 23.9. The maximum absolute atomic E-state index is 12.3. The van der Waals surface area contributed by atoms with Gasteiger partial charge in [-0.15, -0.1) is 0 Å². The SMILES string of the molecule is COc1ccc(C(N)=O)c(OCC(=O)NC(C)c2ccc3c(c2)CCCC3)c1. The van der Waals surface area contributed by atoms with Crippen molar-refractivity contribution in [3.05, 3.63) is 58.7 Å². The first kappa shape index (κ1) is 19.7. The lowest BCUT2D eigenvalue weighted by Crippen LogP contribution is -2.31. The minimum atomic E-state index is -0.625. The van der Waals surface area contributed by atoms with Crippen LogP contribution in [0.1, 0.15) is 52.9 Å². The van der Waals surface area contributed by atoms with Crippen molar-refractivity contribution in [2.75, 3.05) is 13.7 Å². The molecule has 3 N–H and O–H groups in total. The van der Waals surface area contributed by atoms with E-state index in [2.05, 4.69) is 23.5 Å². The summed E-state index contributed by atoms with van der Waals surface area (Å²) in [5, 5.41) is 2.94. The predicted molar refractivity (Wildman–Crippen MR) is 107 cm³/mol. The molecule has 0 bridgehead atoms. The highest BCUT2D eigenvalue weighted by Crippen LogP contribution is 2.26. The smallest absolute Gasteiger partial charge is 0.258 e. The van der Waals surface area contributed by atoms with Gasteiger partial charge in [0, 0.05) is 6.07 Å². The van der Waals surface area contributed by atoms with Crippen LogP contribution in [0, 0.1) is 0 Å². The Kier molecular flexibility index (Phi) is 6.19. The molecule has 148 valence electrons. The zero-order chi connectivity index (χ0) is 20.1. The molecule has 2 amide bonds. The highest BCUT2D eigenvalue weighted by molar-refractivity contribution is 5.96. The second kappa shape index (κ2) is 8.78. The lowest BCUT2D eigenvalue weighted by molar-refractivity contribution is -0.123. The number of aryl methyl sites for hydroxylation is 2. The Labute approximate surface area is 165 Å². The van der Waals surface area contributed by atoms with Crippen LogP contribution in [-0.2, 0) is 17.6 Å². The first-order chi connectivity index (χ1) is 13.5. The van der Waals surface area contributed by atoms with Crippen molar-refractivity contribution < 1.29 is 19.1 Å². The van der Waals surface area contributed by atoms with Crippen LogP contribution in [0.2, 0.25) is 0 Å². The summed E-state index contributed by atoms with van der Waals surface area (Å²) in [6, 6.07) is 11.0. The number of amides is 2. The van der Waals surface area contributed by atoms with Gasteiger partial charge in [-0.05, 0) is 61.4 Å². The molecule has 0 saturated carbocycles. The normalized spacial score (nSPS) is 13.9. The quantitative estimate of drug-likeness (QED) is 0.770. The van der Waals surface area contributed by atoms with E-state index in [4.69, 9.17) is 15.2 Å². The van der Waals surface area contributed by atoms with Crippen molar-refractivity contribution in [1.29, 1.82) is 0 Å². The second-order valence-corrected chi connectivity index (χ2v) is 7.04. The number of carbonyl (C=O) groups excluding carboxylic acids is 2. The van der Waals surface area contributed by atoms with Crippen molar-refractivity contribution in [2.24, 2.45) is 5.73 Å². The van der Waals surface area contributed by atoms with E-state index in [9.17, 15) is 9.59 Å². The molecule has 2 aromatic carbocycles. The third-order valence-corrected chi connectivity index (χ3v) is 5.06. The molecule has 1 aliphatic rings. The molecule has 1 aliphatic carbocycles. The Morgan fingerprint density at radius 1 is 1.11 bits per heavy atom. The third-order valence-electron chi connectivity index (χ3n) is 5.06. The van der Waals surface area contributed by atoms with Crippen molar-refractivity contribution >= 4 is 11.8 Å². The molecular formula is C22H26N2O4. The maximum atomic E-state index is 12.3. The molecule has 0 radical (unpaired) electrons. The molecule has 0 spiro atoms. The summed E-state index contributed by atoms with van der Waals surface area (Å²) in [7, 11) is 1.51. The summed E-state index contributed by atoms with van der Waals surface area (Å²) in [5.41, 5.74) is 9.44. The molecule has 3 rings (SSSR count). The molecule has 0 heterocycles. The highest BCUT2D eigenvalue weighted by atomic mass is 16.5. The van der Waals surface area contributed by atoms with Gasteiger partial charge >= 0.3 is 0 Å². The van der Waals surface area contributed by atoms with Gasteiger partial charge in [-0.1, -0.05) is 18.2 Å². The molecule has 6 heteroatoms. The Balaban J connectivity index is 1.62. The molecule has 0 fully saturated rings. The van der Waals surface area contributed by atoms with Crippen molar-refractivity contribution in [3.8, 4) is 11.5 Å². The van der Waals surface area contributed by atoms with Gasteiger partial charge in [0.25, 0.3) is 11.8 Å². The van der Waals surface area contributed by atoms with Crippen molar-refractivity contribution in [2.45, 2.75) is 38.6 Å².